The molecule has 0 bridgehead atoms. The summed E-state index contributed by atoms with van der Waals surface area (Å²) in [5.41, 5.74) is 1.86. The van der Waals surface area contributed by atoms with Crippen LogP contribution in [-0.4, -0.2) is 17.3 Å². The molecular weight excluding hydrogens is 418 g/mol. The average Bonchev–Trinajstić information content (AvgIpc) is 2.50. The van der Waals surface area contributed by atoms with Gasteiger partial charge >= 0.3 is 6.18 Å². The van der Waals surface area contributed by atoms with E-state index in [2.05, 4.69) is 27.6 Å². The first-order chi connectivity index (χ1) is 10.8. The number of nitrogens with zero attached hydrogens (tertiary/aromatic N) is 1. The maximum Gasteiger partial charge on any atom is 0.391 e. The maximum atomic E-state index is 12.7. The van der Waals surface area contributed by atoms with E-state index in [1.54, 1.807) is 0 Å². The lowest BCUT2D eigenvalue weighted by Crippen LogP contribution is -2.32. The van der Waals surface area contributed by atoms with Crippen LogP contribution < -0.4 is 4.74 Å². The molecule has 1 aliphatic rings. The van der Waals surface area contributed by atoms with Gasteiger partial charge in [-0.1, -0.05) is 0 Å². The van der Waals surface area contributed by atoms with Crippen LogP contribution in [0.3, 0.4) is 0 Å². The highest BCUT2D eigenvalue weighted by Gasteiger charge is 2.41. The molecule has 6 heteroatoms. The van der Waals surface area contributed by atoms with Crippen molar-refractivity contribution in [1.82, 2.24) is 4.98 Å². The monoisotopic (exact) mass is 435 g/mol. The Morgan fingerprint density at radius 2 is 1.78 bits per heavy atom. The highest BCUT2D eigenvalue weighted by Crippen LogP contribution is 2.39. The van der Waals surface area contributed by atoms with Crippen LogP contribution in [0.2, 0.25) is 0 Å². The molecule has 0 aliphatic heterocycles. The van der Waals surface area contributed by atoms with E-state index in [0.717, 1.165) is 25.9 Å². The van der Waals surface area contributed by atoms with Gasteiger partial charge in [0.05, 0.1) is 21.1 Å². The molecule has 1 aromatic heterocycles. The number of halogens is 4. The fourth-order valence-electron chi connectivity index (χ4n) is 3.03. The molecule has 0 unspecified atom stereocenters. The third-order valence-corrected chi connectivity index (χ3v) is 5.45. The van der Waals surface area contributed by atoms with E-state index in [-0.39, 0.29) is 18.9 Å². The Morgan fingerprint density at radius 1 is 1.09 bits per heavy atom. The van der Waals surface area contributed by atoms with E-state index in [4.69, 9.17) is 4.74 Å². The summed E-state index contributed by atoms with van der Waals surface area (Å²) in [5.74, 6) is -0.440. The molecule has 1 aliphatic carbocycles. The summed E-state index contributed by atoms with van der Waals surface area (Å²) in [4.78, 5) is 4.48. The second-order valence-electron chi connectivity index (χ2n) is 6.03. The number of rotatable bonds is 2. The maximum absolute atomic E-state index is 12.7. The van der Waals surface area contributed by atoms with Crippen molar-refractivity contribution in [2.24, 2.45) is 5.92 Å². The van der Waals surface area contributed by atoms with Gasteiger partial charge in [0.2, 0.25) is 0 Å². The summed E-state index contributed by atoms with van der Waals surface area (Å²) in [6.45, 7) is 1.94. The van der Waals surface area contributed by atoms with E-state index in [9.17, 15) is 13.2 Å². The van der Waals surface area contributed by atoms with Crippen LogP contribution in [0.4, 0.5) is 13.2 Å². The number of fused-ring (bicyclic) bond motifs is 1. The summed E-state index contributed by atoms with van der Waals surface area (Å²) in [7, 11) is 0. The summed E-state index contributed by atoms with van der Waals surface area (Å²) < 4.78 is 45.1. The van der Waals surface area contributed by atoms with E-state index >= 15 is 0 Å². The minimum Gasteiger partial charge on any atom is -0.489 e. The van der Waals surface area contributed by atoms with Gasteiger partial charge in [-0.2, -0.15) is 13.2 Å². The number of aromatic nitrogens is 1. The molecule has 23 heavy (non-hydrogen) atoms. The predicted molar refractivity (Wildman–Crippen MR) is 91.6 cm³/mol. The summed E-state index contributed by atoms with van der Waals surface area (Å²) in [5, 5.41) is 1.01. The van der Waals surface area contributed by atoms with Crippen molar-refractivity contribution in [2.45, 2.75) is 44.9 Å². The fourth-order valence-corrected chi connectivity index (χ4v) is 3.79. The second-order valence-corrected chi connectivity index (χ2v) is 7.11. The van der Waals surface area contributed by atoms with Gasteiger partial charge < -0.3 is 4.74 Å². The van der Waals surface area contributed by atoms with Crippen LogP contribution in [0.5, 0.6) is 5.75 Å². The zero-order valence-corrected chi connectivity index (χ0v) is 14.8. The Hall–Kier alpha value is -1.05. The molecule has 0 N–H and O–H groups in total. The molecule has 0 amide bonds. The molecule has 1 saturated carbocycles. The SMILES string of the molecule is Cc1ccc2c(I)c(O[C@H]3CC[C@@H](C(F)(F)F)CC3)ccc2n1. The normalized spacial score (nSPS) is 22.3. The van der Waals surface area contributed by atoms with Crippen LogP contribution in [0, 0.1) is 16.4 Å². The summed E-state index contributed by atoms with van der Waals surface area (Å²) >= 11 is 2.22. The molecule has 124 valence electrons. The largest absolute Gasteiger partial charge is 0.489 e. The molecular formula is C17H17F3INO. The van der Waals surface area contributed by atoms with Gasteiger partial charge in [-0.25, -0.2) is 0 Å². The molecule has 1 fully saturated rings. The number of benzene rings is 1. The first-order valence-electron chi connectivity index (χ1n) is 7.64. The summed E-state index contributed by atoms with van der Waals surface area (Å²) in [6.07, 6.45) is -3.02. The summed E-state index contributed by atoms with van der Waals surface area (Å²) in [6, 6.07) is 7.73. The van der Waals surface area contributed by atoms with Crippen molar-refractivity contribution in [3.05, 3.63) is 33.5 Å². The van der Waals surface area contributed by atoms with Crippen molar-refractivity contribution < 1.29 is 17.9 Å². The van der Waals surface area contributed by atoms with Crippen LogP contribution in [0.15, 0.2) is 24.3 Å². The number of aryl methyl sites for hydroxylation is 1. The highest BCUT2D eigenvalue weighted by molar-refractivity contribution is 14.1. The van der Waals surface area contributed by atoms with Gasteiger partial charge in [0.1, 0.15) is 5.75 Å². The van der Waals surface area contributed by atoms with E-state index < -0.39 is 12.1 Å². The van der Waals surface area contributed by atoms with Gasteiger partial charge in [0.15, 0.2) is 0 Å². The number of pyridine rings is 1. The molecule has 0 radical (unpaired) electrons. The molecule has 3 rings (SSSR count). The van der Waals surface area contributed by atoms with E-state index in [1.807, 2.05) is 31.2 Å². The van der Waals surface area contributed by atoms with E-state index in [1.165, 1.54) is 0 Å². The minimum absolute atomic E-state index is 0.141. The lowest BCUT2D eigenvalue weighted by atomic mass is 9.87. The van der Waals surface area contributed by atoms with Crippen LogP contribution in [0.1, 0.15) is 31.4 Å². The number of hydrogen-bond donors (Lipinski definition) is 0. The Balaban J connectivity index is 1.73. The Labute approximate surface area is 146 Å². The zero-order chi connectivity index (χ0) is 16.6. The predicted octanol–water partition coefficient (Wildman–Crippen LogP) is 5.65. The van der Waals surface area contributed by atoms with E-state index in [0.29, 0.717) is 12.8 Å². The van der Waals surface area contributed by atoms with Gasteiger partial charge in [-0.05, 0) is 79.5 Å². The third kappa shape index (κ3) is 3.72. The number of ether oxygens (including phenoxy) is 1. The smallest absolute Gasteiger partial charge is 0.391 e. The second kappa shape index (κ2) is 6.45. The quantitative estimate of drug-likeness (QED) is 0.569. The van der Waals surface area contributed by atoms with Crippen molar-refractivity contribution in [3.8, 4) is 5.75 Å². The zero-order valence-electron chi connectivity index (χ0n) is 12.7. The topological polar surface area (TPSA) is 22.1 Å². The molecule has 0 spiro atoms. The lowest BCUT2D eigenvalue weighted by molar-refractivity contribution is -0.185. The molecule has 0 atom stereocenters. The fraction of sp³-hybridized carbons (Fsp3) is 0.471. The standard InChI is InChI=1S/C17H17F3INO/c1-10-2-7-13-14(22-10)8-9-15(16(13)21)23-12-5-3-11(4-6-12)17(18,19)20/h2,7-9,11-12H,3-6H2,1H3/t11-,12+. The van der Waals surface area contributed by atoms with Crippen LogP contribution in [-0.2, 0) is 0 Å². The Bertz CT molecular complexity index is 709. The molecule has 2 aromatic rings. The molecule has 1 heterocycles. The van der Waals surface area contributed by atoms with Gasteiger partial charge in [0.25, 0.3) is 0 Å². The number of alkyl halides is 3. The third-order valence-electron chi connectivity index (χ3n) is 4.34. The molecule has 0 saturated heterocycles. The highest BCUT2D eigenvalue weighted by atomic mass is 127. The molecule has 1 aromatic carbocycles. The first-order valence-corrected chi connectivity index (χ1v) is 8.71. The van der Waals surface area contributed by atoms with Crippen LogP contribution in [0.25, 0.3) is 10.9 Å². The lowest BCUT2D eigenvalue weighted by Gasteiger charge is -2.30. The average molecular weight is 435 g/mol. The molecule has 2 nitrogen and oxygen atoms in total. The van der Waals surface area contributed by atoms with Crippen molar-refractivity contribution in [3.63, 3.8) is 0 Å². The Kier molecular flexibility index (Phi) is 4.71. The van der Waals surface area contributed by atoms with Gasteiger partial charge in [-0.15, -0.1) is 0 Å². The van der Waals surface area contributed by atoms with Gasteiger partial charge in [0, 0.05) is 11.1 Å². The van der Waals surface area contributed by atoms with Crippen molar-refractivity contribution in [1.29, 1.82) is 0 Å². The Morgan fingerprint density at radius 3 is 2.43 bits per heavy atom. The minimum atomic E-state index is -4.08. The van der Waals surface area contributed by atoms with Gasteiger partial charge in [-0.3, -0.25) is 4.98 Å². The van der Waals surface area contributed by atoms with Crippen molar-refractivity contribution in [2.75, 3.05) is 0 Å². The first kappa shape index (κ1) is 16.8. The van der Waals surface area contributed by atoms with Crippen molar-refractivity contribution >= 4 is 33.5 Å². The number of hydrogen-bond acceptors (Lipinski definition) is 2. The van der Waals surface area contributed by atoms with Crippen LogP contribution >= 0.6 is 22.6 Å².